The number of hydrazone groups is 1. The van der Waals surface area contributed by atoms with Gasteiger partial charge in [0, 0.05) is 10.0 Å². The summed E-state index contributed by atoms with van der Waals surface area (Å²) in [6.45, 7) is -0.265. The van der Waals surface area contributed by atoms with Crippen molar-refractivity contribution in [1.29, 1.82) is 0 Å². The minimum absolute atomic E-state index is 0.265. The lowest BCUT2D eigenvalue weighted by Crippen LogP contribution is -2.24. The van der Waals surface area contributed by atoms with Crippen LogP contribution in [0, 0.1) is 0 Å². The number of benzene rings is 3. The Kier molecular flexibility index (Phi) is 8.24. The second-order valence-electron chi connectivity index (χ2n) is 6.31. The molecule has 0 aromatic heterocycles. The maximum Gasteiger partial charge on any atom is 0.343 e. The van der Waals surface area contributed by atoms with Crippen LogP contribution in [0.4, 0.5) is 0 Å². The van der Waals surface area contributed by atoms with Crippen LogP contribution >= 0.6 is 27.5 Å². The summed E-state index contributed by atoms with van der Waals surface area (Å²) in [6.07, 6.45) is 1.37. The summed E-state index contributed by atoms with van der Waals surface area (Å²) >= 11 is 9.35. The lowest BCUT2D eigenvalue weighted by atomic mass is 10.2. The number of ether oxygens (including phenoxy) is 3. The molecule has 0 unspecified atom stereocenters. The minimum atomic E-state index is -0.540. The van der Waals surface area contributed by atoms with E-state index in [-0.39, 0.29) is 12.4 Å². The summed E-state index contributed by atoms with van der Waals surface area (Å²) in [7, 11) is 1.54. The number of rotatable bonds is 8. The van der Waals surface area contributed by atoms with Crippen LogP contribution in [0.5, 0.6) is 17.2 Å². The van der Waals surface area contributed by atoms with E-state index in [1.54, 1.807) is 73.8 Å². The Hall–Kier alpha value is -3.36. The molecule has 164 valence electrons. The third-order valence-corrected chi connectivity index (χ3v) is 4.89. The average molecular weight is 518 g/mol. The summed E-state index contributed by atoms with van der Waals surface area (Å²) < 4.78 is 16.7. The number of methoxy groups -OCH3 is 1. The highest BCUT2D eigenvalue weighted by Gasteiger charge is 2.12. The molecule has 0 saturated carbocycles. The molecular weight excluding hydrogens is 500 g/mol. The Morgan fingerprint density at radius 1 is 1.06 bits per heavy atom. The first kappa shape index (κ1) is 23.3. The topological polar surface area (TPSA) is 86.2 Å². The van der Waals surface area contributed by atoms with Crippen molar-refractivity contribution >= 4 is 45.6 Å². The molecular formula is C23H18BrClN2O5. The van der Waals surface area contributed by atoms with E-state index >= 15 is 0 Å². The summed E-state index contributed by atoms with van der Waals surface area (Å²) in [5.74, 6) is 0.286. The van der Waals surface area contributed by atoms with E-state index in [0.717, 1.165) is 4.47 Å². The lowest BCUT2D eigenvalue weighted by Gasteiger charge is -2.09. The Labute approximate surface area is 198 Å². The van der Waals surface area contributed by atoms with E-state index in [0.29, 0.717) is 27.6 Å². The maximum atomic E-state index is 12.5. The highest BCUT2D eigenvalue weighted by Crippen LogP contribution is 2.24. The molecule has 0 heterocycles. The van der Waals surface area contributed by atoms with E-state index < -0.39 is 11.9 Å². The van der Waals surface area contributed by atoms with Crippen LogP contribution in [-0.4, -0.2) is 31.8 Å². The first-order valence-electron chi connectivity index (χ1n) is 9.31. The second-order valence-corrected chi connectivity index (χ2v) is 7.64. The maximum absolute atomic E-state index is 12.5. The van der Waals surface area contributed by atoms with Gasteiger partial charge in [0.15, 0.2) is 6.61 Å². The van der Waals surface area contributed by atoms with Gasteiger partial charge in [0.2, 0.25) is 0 Å². The number of para-hydroxylation sites is 1. The Morgan fingerprint density at radius 3 is 2.53 bits per heavy atom. The zero-order chi connectivity index (χ0) is 22.9. The molecule has 7 nitrogen and oxygen atoms in total. The van der Waals surface area contributed by atoms with Crippen molar-refractivity contribution in [3.05, 3.63) is 87.4 Å². The van der Waals surface area contributed by atoms with Crippen LogP contribution in [0.25, 0.3) is 0 Å². The minimum Gasteiger partial charge on any atom is -0.497 e. The van der Waals surface area contributed by atoms with E-state index in [1.165, 1.54) is 6.21 Å². The molecule has 32 heavy (non-hydrogen) atoms. The third kappa shape index (κ3) is 6.57. The Bertz CT molecular complexity index is 1140. The van der Waals surface area contributed by atoms with E-state index in [9.17, 15) is 9.59 Å². The summed E-state index contributed by atoms with van der Waals surface area (Å²) in [6, 6.07) is 18.4. The molecule has 1 N–H and O–H groups in total. The summed E-state index contributed by atoms with van der Waals surface area (Å²) in [4.78, 5) is 24.5. The molecule has 1 amide bonds. The molecule has 0 radical (unpaired) electrons. The van der Waals surface area contributed by atoms with Gasteiger partial charge in [-0.1, -0.05) is 39.7 Å². The highest BCUT2D eigenvalue weighted by molar-refractivity contribution is 9.10. The number of carbonyl (C=O) groups excluding carboxylic acids is 2. The number of carbonyl (C=O) groups is 2. The van der Waals surface area contributed by atoms with Crippen LogP contribution in [0.15, 0.2) is 76.3 Å². The van der Waals surface area contributed by atoms with Crippen LogP contribution in [0.1, 0.15) is 15.9 Å². The monoisotopic (exact) mass is 516 g/mol. The number of nitrogens with one attached hydrogen (secondary N) is 1. The molecule has 0 aliphatic carbocycles. The fourth-order valence-corrected chi connectivity index (χ4v) is 3.08. The zero-order valence-electron chi connectivity index (χ0n) is 16.9. The molecule has 0 spiro atoms. The van der Waals surface area contributed by atoms with Gasteiger partial charge in [-0.25, -0.2) is 10.2 Å². The highest BCUT2D eigenvalue weighted by atomic mass is 79.9. The van der Waals surface area contributed by atoms with Gasteiger partial charge in [-0.3, -0.25) is 4.79 Å². The molecule has 3 rings (SSSR count). The Balaban J connectivity index is 1.62. The van der Waals surface area contributed by atoms with Crippen molar-refractivity contribution in [3.63, 3.8) is 0 Å². The first-order chi connectivity index (χ1) is 15.5. The van der Waals surface area contributed by atoms with Crippen molar-refractivity contribution in [2.75, 3.05) is 13.7 Å². The van der Waals surface area contributed by atoms with Crippen LogP contribution in [0.2, 0.25) is 5.02 Å². The van der Waals surface area contributed by atoms with Gasteiger partial charge in [0.1, 0.15) is 17.2 Å². The smallest absolute Gasteiger partial charge is 0.343 e. The predicted molar refractivity (Wildman–Crippen MR) is 125 cm³/mol. The predicted octanol–water partition coefficient (Wildman–Crippen LogP) is 4.86. The molecule has 0 bridgehead atoms. The van der Waals surface area contributed by atoms with Crippen LogP contribution < -0.4 is 19.6 Å². The lowest BCUT2D eigenvalue weighted by molar-refractivity contribution is -0.123. The van der Waals surface area contributed by atoms with Gasteiger partial charge in [0.25, 0.3) is 5.91 Å². The second kappa shape index (κ2) is 11.3. The van der Waals surface area contributed by atoms with E-state index in [1.807, 2.05) is 0 Å². The van der Waals surface area contributed by atoms with Gasteiger partial charge in [-0.2, -0.15) is 5.10 Å². The number of nitrogens with zero attached hydrogens (tertiary/aromatic N) is 1. The molecule has 3 aromatic rings. The van der Waals surface area contributed by atoms with Crippen molar-refractivity contribution in [3.8, 4) is 17.2 Å². The molecule has 9 heteroatoms. The molecule has 3 aromatic carbocycles. The molecule has 0 fully saturated rings. The van der Waals surface area contributed by atoms with E-state index in [4.69, 9.17) is 25.8 Å². The number of amides is 1. The molecule has 0 saturated heterocycles. The molecule has 0 aliphatic rings. The van der Waals surface area contributed by atoms with Gasteiger partial charge < -0.3 is 14.2 Å². The van der Waals surface area contributed by atoms with Crippen molar-refractivity contribution in [2.24, 2.45) is 5.10 Å². The standard InChI is InChI=1S/C23H18BrClN2O5/c1-30-18-9-6-15(7-10-18)23(29)32-20-11-8-17(24)12-16(20)13-26-27-22(28)14-31-21-5-3-2-4-19(21)25/h2-13H,14H2,1H3,(H,27,28). The number of hydrogen-bond donors (Lipinski definition) is 1. The fraction of sp³-hybridized carbons (Fsp3) is 0.0870. The zero-order valence-corrected chi connectivity index (χ0v) is 19.2. The number of esters is 1. The van der Waals surface area contributed by atoms with Crippen LogP contribution in [-0.2, 0) is 4.79 Å². The largest absolute Gasteiger partial charge is 0.497 e. The van der Waals surface area contributed by atoms with Crippen molar-refractivity contribution < 1.29 is 23.8 Å². The average Bonchev–Trinajstić information content (AvgIpc) is 2.80. The molecule has 0 atom stereocenters. The van der Waals surface area contributed by atoms with Crippen molar-refractivity contribution in [1.82, 2.24) is 5.43 Å². The van der Waals surface area contributed by atoms with Crippen LogP contribution in [0.3, 0.4) is 0 Å². The Morgan fingerprint density at radius 2 is 1.81 bits per heavy atom. The van der Waals surface area contributed by atoms with Gasteiger partial charge in [-0.05, 0) is 54.6 Å². The SMILES string of the molecule is COc1ccc(C(=O)Oc2ccc(Br)cc2C=NNC(=O)COc2ccccc2Cl)cc1. The first-order valence-corrected chi connectivity index (χ1v) is 10.5. The van der Waals surface area contributed by atoms with Gasteiger partial charge >= 0.3 is 5.97 Å². The number of hydrogen-bond acceptors (Lipinski definition) is 6. The fourth-order valence-electron chi connectivity index (χ4n) is 2.51. The van der Waals surface area contributed by atoms with Crippen molar-refractivity contribution in [2.45, 2.75) is 0 Å². The normalized spacial score (nSPS) is 10.6. The summed E-state index contributed by atoms with van der Waals surface area (Å²) in [5, 5.41) is 4.32. The van der Waals surface area contributed by atoms with Gasteiger partial charge in [-0.15, -0.1) is 0 Å². The molecule has 0 aliphatic heterocycles. The third-order valence-electron chi connectivity index (χ3n) is 4.09. The number of halogens is 2. The van der Waals surface area contributed by atoms with E-state index in [2.05, 4.69) is 26.5 Å². The summed E-state index contributed by atoms with van der Waals surface area (Å²) in [5.41, 5.74) is 3.20. The van der Waals surface area contributed by atoms with Gasteiger partial charge in [0.05, 0.1) is 23.9 Å². The quantitative estimate of drug-likeness (QED) is 0.200.